The van der Waals surface area contributed by atoms with E-state index in [9.17, 15) is 64.5 Å². The molecule has 4 N–H and O–H groups in total. The van der Waals surface area contributed by atoms with E-state index < -0.39 is 86.6 Å². The zero-order valence-electron chi connectivity index (χ0n) is 20.3. The van der Waals surface area contributed by atoms with E-state index in [0.717, 1.165) is 10.2 Å². The van der Waals surface area contributed by atoms with Gasteiger partial charge in [-0.1, -0.05) is 12.1 Å². The number of β-amino-alcohol motifs (C(OH)–C–C–N with tert-alkyl or cyclic N) is 1. The van der Waals surface area contributed by atoms with Crippen LogP contribution in [0, 0.1) is 0 Å². The summed E-state index contributed by atoms with van der Waals surface area (Å²) in [6.45, 7) is -6.10. The second kappa shape index (κ2) is 11.8. The number of fused-ring (bicyclic) bond motifs is 1. The fraction of sp³-hybridized carbons (Fsp3) is 0.524. The number of rotatable bonds is 8. The van der Waals surface area contributed by atoms with Crippen LogP contribution in [-0.4, -0.2) is 96.8 Å². The molecule has 0 radical (unpaired) electrons. The molecule has 2 atom stereocenters. The van der Waals surface area contributed by atoms with Crippen molar-refractivity contribution in [1.82, 2.24) is 10.6 Å². The maximum atomic E-state index is 13.2. The molecule has 1 aromatic carbocycles. The third kappa shape index (κ3) is 7.46. The van der Waals surface area contributed by atoms with E-state index in [0.29, 0.717) is 11.8 Å². The number of para-hydroxylation sites is 2. The van der Waals surface area contributed by atoms with E-state index in [2.05, 4.69) is 4.74 Å². The zero-order chi connectivity index (χ0) is 30.7. The summed E-state index contributed by atoms with van der Waals surface area (Å²) in [6, 6.07) is 3.16. The molecule has 0 bridgehead atoms. The minimum atomic E-state index is -6.07. The lowest BCUT2D eigenvalue weighted by Gasteiger charge is -2.28. The second-order valence-corrected chi connectivity index (χ2v) is 8.47. The zero-order valence-corrected chi connectivity index (χ0v) is 20.3. The van der Waals surface area contributed by atoms with Crippen LogP contribution < -0.4 is 20.4 Å². The quantitative estimate of drug-likeness (QED) is 0.260. The molecule has 19 heteroatoms. The molecule has 1 unspecified atom stereocenters. The van der Waals surface area contributed by atoms with Gasteiger partial charge in [-0.3, -0.25) is 19.3 Å². The SMILES string of the molecule is CC(O)(C(=O)NCC(F)(F)C(F)(F)F)C(=O)N[C@H]1CN(C(=O)OCC(F)(F)F)c2ccccc2N(CCO)C1=O. The highest BCUT2D eigenvalue weighted by molar-refractivity contribution is 6.11. The number of hydrogen-bond acceptors (Lipinski definition) is 7. The van der Waals surface area contributed by atoms with Crippen LogP contribution in [0.4, 0.5) is 51.3 Å². The molecule has 0 spiro atoms. The van der Waals surface area contributed by atoms with Gasteiger partial charge < -0.3 is 30.5 Å². The summed E-state index contributed by atoms with van der Waals surface area (Å²) in [5.74, 6) is -10.4. The average molecular weight is 594 g/mol. The van der Waals surface area contributed by atoms with E-state index in [1.165, 1.54) is 24.3 Å². The van der Waals surface area contributed by atoms with E-state index >= 15 is 0 Å². The molecular formula is C21H22F8N4O7. The molecular weight excluding hydrogens is 572 g/mol. The second-order valence-electron chi connectivity index (χ2n) is 8.47. The normalized spacial score (nSPS) is 17.9. The van der Waals surface area contributed by atoms with Crippen LogP contribution in [0.15, 0.2) is 24.3 Å². The van der Waals surface area contributed by atoms with Crippen molar-refractivity contribution < 1.29 is 69.3 Å². The molecule has 4 amide bonds. The summed E-state index contributed by atoms with van der Waals surface area (Å²) < 4.78 is 105. The Hall–Kier alpha value is -3.74. The average Bonchev–Trinajstić information content (AvgIpc) is 2.95. The van der Waals surface area contributed by atoms with Gasteiger partial charge in [-0.05, 0) is 19.1 Å². The van der Waals surface area contributed by atoms with Crippen LogP contribution in [-0.2, 0) is 19.1 Å². The number of ether oxygens (including phenoxy) is 1. The maximum Gasteiger partial charge on any atom is 0.455 e. The van der Waals surface area contributed by atoms with Crippen molar-refractivity contribution in [3.05, 3.63) is 24.3 Å². The first-order chi connectivity index (χ1) is 18.2. The van der Waals surface area contributed by atoms with Gasteiger partial charge in [-0.15, -0.1) is 0 Å². The monoisotopic (exact) mass is 594 g/mol. The lowest BCUT2D eigenvalue weighted by molar-refractivity contribution is -0.278. The first kappa shape index (κ1) is 32.5. The predicted molar refractivity (Wildman–Crippen MR) is 117 cm³/mol. The Morgan fingerprint density at radius 1 is 1.02 bits per heavy atom. The van der Waals surface area contributed by atoms with Crippen molar-refractivity contribution in [3.8, 4) is 0 Å². The van der Waals surface area contributed by atoms with Crippen molar-refractivity contribution in [2.24, 2.45) is 0 Å². The Morgan fingerprint density at radius 3 is 2.12 bits per heavy atom. The number of carbonyl (C=O) groups is 4. The smallest absolute Gasteiger partial charge is 0.439 e. The molecule has 0 saturated carbocycles. The molecule has 2 rings (SSSR count). The van der Waals surface area contributed by atoms with Gasteiger partial charge in [0.2, 0.25) is 5.60 Å². The standard InChI is InChI=1S/C21H22F8N4O7/c1-18(39,15(36)30-9-19(22,23)21(27,28)29)16(37)31-11-8-33(17(38)40-10-20(24,25)26)13-5-3-2-4-12(13)32(6-7-34)14(11)35/h2-5,11,34,39H,6-10H2,1H3,(H,30,36)(H,31,37)/t11-,18?/m0/s1. The number of anilines is 2. The van der Waals surface area contributed by atoms with Gasteiger partial charge in [0.25, 0.3) is 17.7 Å². The number of hydrogen-bond donors (Lipinski definition) is 4. The van der Waals surface area contributed by atoms with Crippen LogP contribution in [0.2, 0.25) is 0 Å². The topological polar surface area (TPSA) is 149 Å². The Morgan fingerprint density at radius 2 is 1.60 bits per heavy atom. The van der Waals surface area contributed by atoms with Gasteiger partial charge in [0.05, 0.1) is 31.1 Å². The maximum absolute atomic E-state index is 13.2. The van der Waals surface area contributed by atoms with Gasteiger partial charge in [0.1, 0.15) is 6.04 Å². The summed E-state index contributed by atoms with van der Waals surface area (Å²) in [5, 5.41) is 22.6. The Balaban J connectivity index is 2.36. The number of halogens is 8. The van der Waals surface area contributed by atoms with Crippen LogP contribution in [0.3, 0.4) is 0 Å². The number of nitrogens with one attached hydrogen (secondary N) is 2. The fourth-order valence-electron chi connectivity index (χ4n) is 3.28. The first-order valence-electron chi connectivity index (χ1n) is 11.0. The highest BCUT2D eigenvalue weighted by Crippen LogP contribution is 2.35. The molecule has 0 fully saturated rings. The summed E-state index contributed by atoms with van der Waals surface area (Å²) in [6.07, 6.45) is -12.7. The van der Waals surface area contributed by atoms with Gasteiger partial charge in [0, 0.05) is 6.54 Å². The molecule has 0 saturated heterocycles. The van der Waals surface area contributed by atoms with Crippen molar-refractivity contribution in [2.75, 3.05) is 42.6 Å². The van der Waals surface area contributed by atoms with Crippen LogP contribution >= 0.6 is 0 Å². The molecule has 11 nitrogen and oxygen atoms in total. The Bertz CT molecular complexity index is 1130. The molecule has 1 aliphatic rings. The molecule has 1 aliphatic heterocycles. The first-order valence-corrected chi connectivity index (χ1v) is 11.0. The number of amides is 4. The molecule has 1 aromatic rings. The molecule has 1 heterocycles. The number of aliphatic hydroxyl groups is 2. The summed E-state index contributed by atoms with van der Waals surface area (Å²) in [5.41, 5.74) is -3.68. The number of aliphatic hydroxyl groups excluding tert-OH is 1. The highest BCUT2D eigenvalue weighted by Gasteiger charge is 2.58. The lowest BCUT2D eigenvalue weighted by Crippen LogP contribution is -2.62. The molecule has 0 aliphatic carbocycles. The van der Waals surface area contributed by atoms with Gasteiger partial charge in [-0.25, -0.2) is 4.79 Å². The number of carbonyl (C=O) groups excluding carboxylic acids is 4. The van der Waals surface area contributed by atoms with Crippen molar-refractivity contribution in [2.45, 2.75) is 36.8 Å². The van der Waals surface area contributed by atoms with Crippen molar-refractivity contribution in [3.63, 3.8) is 0 Å². The van der Waals surface area contributed by atoms with E-state index in [1.54, 1.807) is 0 Å². The minimum Gasteiger partial charge on any atom is -0.439 e. The third-order valence-electron chi connectivity index (χ3n) is 5.37. The summed E-state index contributed by atoms with van der Waals surface area (Å²) >= 11 is 0. The van der Waals surface area contributed by atoms with Crippen LogP contribution in [0.1, 0.15) is 6.92 Å². The van der Waals surface area contributed by atoms with Gasteiger partial charge >= 0.3 is 24.4 Å². The Kier molecular flexibility index (Phi) is 9.57. The fourth-order valence-corrected chi connectivity index (χ4v) is 3.28. The van der Waals surface area contributed by atoms with Crippen molar-refractivity contribution >= 4 is 35.2 Å². The summed E-state index contributed by atoms with van der Waals surface area (Å²) in [7, 11) is 0. The minimum absolute atomic E-state index is 0.124. The van der Waals surface area contributed by atoms with E-state index in [4.69, 9.17) is 0 Å². The number of nitrogens with zero attached hydrogens (tertiary/aromatic N) is 2. The Labute approximate surface area is 219 Å². The van der Waals surface area contributed by atoms with Crippen molar-refractivity contribution in [1.29, 1.82) is 0 Å². The lowest BCUT2D eigenvalue weighted by atomic mass is 10.0. The van der Waals surface area contributed by atoms with E-state index in [-0.39, 0.29) is 11.4 Å². The third-order valence-corrected chi connectivity index (χ3v) is 5.37. The van der Waals surface area contributed by atoms with E-state index in [1.807, 2.05) is 5.32 Å². The molecule has 0 aromatic heterocycles. The van der Waals surface area contributed by atoms with Crippen LogP contribution in [0.5, 0.6) is 0 Å². The van der Waals surface area contributed by atoms with Gasteiger partial charge in [0.15, 0.2) is 6.61 Å². The summed E-state index contributed by atoms with van der Waals surface area (Å²) in [4.78, 5) is 51.9. The number of alkyl halides is 8. The van der Waals surface area contributed by atoms with Crippen LogP contribution in [0.25, 0.3) is 0 Å². The number of benzene rings is 1. The predicted octanol–water partition coefficient (Wildman–Crippen LogP) is 1.08. The largest absolute Gasteiger partial charge is 0.455 e. The van der Waals surface area contributed by atoms with Gasteiger partial charge in [-0.2, -0.15) is 35.1 Å². The highest BCUT2D eigenvalue weighted by atomic mass is 19.4. The molecule has 40 heavy (non-hydrogen) atoms. The molecule has 224 valence electrons.